The van der Waals surface area contributed by atoms with Crippen LogP contribution in [0.5, 0.6) is 5.75 Å². The molecule has 3 fully saturated rings. The van der Waals surface area contributed by atoms with Crippen LogP contribution >= 0.6 is 0 Å². The molecule has 4 atom stereocenters. The number of amides is 2. The maximum absolute atomic E-state index is 13.1. The van der Waals surface area contributed by atoms with Gasteiger partial charge in [0.25, 0.3) is 0 Å². The number of ether oxygens (including phenoxy) is 1. The Labute approximate surface area is 147 Å². The quantitative estimate of drug-likeness (QED) is 0.614. The minimum absolute atomic E-state index is 0.0342. The van der Waals surface area contributed by atoms with E-state index in [4.69, 9.17) is 4.74 Å². The highest BCUT2D eigenvalue weighted by molar-refractivity contribution is 6.23. The first-order valence-electron chi connectivity index (χ1n) is 9.12. The number of benzene rings is 1. The average Bonchev–Trinajstić information content (AvgIpc) is 3.38. The summed E-state index contributed by atoms with van der Waals surface area (Å²) < 4.78 is 5.17. The molecule has 1 aromatic rings. The van der Waals surface area contributed by atoms with Gasteiger partial charge in [0.1, 0.15) is 5.75 Å². The number of hydrogen-bond acceptors (Lipinski definition) is 3. The highest BCUT2D eigenvalue weighted by Crippen LogP contribution is 2.58. The van der Waals surface area contributed by atoms with Crippen LogP contribution in [-0.2, 0) is 9.59 Å². The lowest BCUT2D eigenvalue weighted by molar-refractivity contribution is -0.122. The lowest BCUT2D eigenvalue weighted by atomic mass is 9.85. The fourth-order valence-electron chi connectivity index (χ4n) is 5.31. The van der Waals surface area contributed by atoms with Crippen molar-refractivity contribution in [3.63, 3.8) is 0 Å². The minimum Gasteiger partial charge on any atom is -0.497 e. The number of anilines is 1. The van der Waals surface area contributed by atoms with Crippen molar-refractivity contribution in [1.29, 1.82) is 0 Å². The second kappa shape index (κ2) is 5.32. The van der Waals surface area contributed by atoms with Crippen LogP contribution in [0.3, 0.4) is 0 Å². The van der Waals surface area contributed by atoms with E-state index in [1.165, 1.54) is 28.9 Å². The van der Waals surface area contributed by atoms with Crippen molar-refractivity contribution in [3.05, 3.63) is 47.6 Å². The molecule has 4 nitrogen and oxygen atoms in total. The molecule has 0 spiro atoms. The Morgan fingerprint density at radius 1 is 0.920 bits per heavy atom. The van der Waals surface area contributed by atoms with E-state index in [-0.39, 0.29) is 35.5 Å². The summed E-state index contributed by atoms with van der Waals surface area (Å²) >= 11 is 0. The van der Waals surface area contributed by atoms with Gasteiger partial charge in [0.15, 0.2) is 0 Å². The predicted molar refractivity (Wildman–Crippen MR) is 94.1 cm³/mol. The normalized spacial score (nSPS) is 32.9. The van der Waals surface area contributed by atoms with Gasteiger partial charge in [0, 0.05) is 11.8 Å². The van der Waals surface area contributed by atoms with Crippen LogP contribution in [0.4, 0.5) is 5.69 Å². The smallest absolute Gasteiger partial charge is 0.238 e. The number of carbonyl (C=O) groups excluding carboxylic acids is 2. The van der Waals surface area contributed by atoms with E-state index < -0.39 is 0 Å². The van der Waals surface area contributed by atoms with Crippen LogP contribution in [0.25, 0.3) is 0 Å². The number of methoxy groups -OCH3 is 1. The van der Waals surface area contributed by atoms with Crippen LogP contribution < -0.4 is 9.64 Å². The van der Waals surface area contributed by atoms with E-state index in [1.807, 2.05) is 0 Å². The Balaban J connectivity index is 1.51. The molecule has 1 aromatic carbocycles. The van der Waals surface area contributed by atoms with Gasteiger partial charge in [0.2, 0.25) is 11.8 Å². The lowest BCUT2D eigenvalue weighted by Crippen LogP contribution is -2.33. The summed E-state index contributed by atoms with van der Waals surface area (Å²) in [6.07, 6.45) is 9.13. The number of nitrogens with zero attached hydrogens (tertiary/aromatic N) is 1. The number of carbonyl (C=O) groups is 2. The molecule has 1 heterocycles. The monoisotopic (exact) mass is 335 g/mol. The lowest BCUT2D eigenvalue weighted by Gasteiger charge is -2.20. The summed E-state index contributed by atoms with van der Waals surface area (Å²) in [5.41, 5.74) is 3.58. The highest BCUT2D eigenvalue weighted by Gasteiger charge is 2.62. The fourth-order valence-corrected chi connectivity index (χ4v) is 5.31. The van der Waals surface area contributed by atoms with E-state index in [0.29, 0.717) is 5.69 Å². The summed E-state index contributed by atoms with van der Waals surface area (Å²) in [6, 6.07) is 7.17. The fraction of sp³-hybridized carbons (Fsp3) is 0.429. The second-order valence-corrected chi connectivity index (χ2v) is 7.46. The van der Waals surface area contributed by atoms with Gasteiger partial charge in [-0.25, -0.2) is 4.90 Å². The molecular weight excluding hydrogens is 314 g/mol. The van der Waals surface area contributed by atoms with E-state index in [9.17, 15) is 9.59 Å². The van der Waals surface area contributed by atoms with Crippen molar-refractivity contribution in [3.8, 4) is 5.75 Å². The number of hydrogen-bond donors (Lipinski definition) is 0. The maximum atomic E-state index is 13.1. The second-order valence-electron chi connectivity index (χ2n) is 7.46. The van der Waals surface area contributed by atoms with Crippen molar-refractivity contribution >= 4 is 17.5 Å². The molecule has 4 heteroatoms. The molecule has 4 aliphatic rings. The molecule has 1 aliphatic heterocycles. The van der Waals surface area contributed by atoms with Gasteiger partial charge in [-0.3, -0.25) is 9.59 Å². The standard InChI is InChI=1S/C21H21NO3/c1-25-14-8-6-13(7-9-14)22-20(23)18-15-10-11-16(19(18)21(22)24)17(15)12-4-2-3-5-12/h6-11,15-16,18-19H,2-5H2,1H3/t15-,16-,18-,19+/m1/s1. The first-order chi connectivity index (χ1) is 12.2. The first kappa shape index (κ1) is 14.9. The molecular formula is C21H21NO3. The summed E-state index contributed by atoms with van der Waals surface area (Å²) in [5, 5.41) is 0. The molecule has 2 saturated carbocycles. The Morgan fingerprint density at radius 2 is 1.48 bits per heavy atom. The zero-order chi connectivity index (χ0) is 17.1. The molecule has 0 aromatic heterocycles. The zero-order valence-electron chi connectivity index (χ0n) is 14.3. The topological polar surface area (TPSA) is 46.6 Å². The van der Waals surface area contributed by atoms with Gasteiger partial charge >= 0.3 is 0 Å². The summed E-state index contributed by atoms with van der Waals surface area (Å²) in [4.78, 5) is 27.6. The number of fused-ring (bicyclic) bond motifs is 5. The average molecular weight is 335 g/mol. The van der Waals surface area contributed by atoms with Crippen LogP contribution in [0.1, 0.15) is 25.7 Å². The number of allylic oxidation sites excluding steroid dienone is 4. The molecule has 128 valence electrons. The maximum Gasteiger partial charge on any atom is 0.238 e. The molecule has 2 bridgehead atoms. The van der Waals surface area contributed by atoms with Gasteiger partial charge < -0.3 is 4.74 Å². The van der Waals surface area contributed by atoms with Gasteiger partial charge in [-0.2, -0.15) is 0 Å². The number of imide groups is 1. The van der Waals surface area contributed by atoms with Gasteiger partial charge in [-0.15, -0.1) is 0 Å². The summed E-state index contributed by atoms with van der Waals surface area (Å²) in [7, 11) is 1.60. The summed E-state index contributed by atoms with van der Waals surface area (Å²) in [6.45, 7) is 0. The SMILES string of the molecule is COc1ccc(N2C(=O)[C@@H]3[C@H](C2=O)[C@@H]2C=C[C@@H]3C2=C2CCCC2)cc1. The Bertz CT molecular complexity index is 778. The highest BCUT2D eigenvalue weighted by atomic mass is 16.5. The Hall–Kier alpha value is -2.36. The Morgan fingerprint density at radius 3 is 2.00 bits per heavy atom. The molecule has 1 saturated heterocycles. The largest absolute Gasteiger partial charge is 0.497 e. The summed E-state index contributed by atoms with van der Waals surface area (Å²) in [5.74, 6) is 0.533. The van der Waals surface area contributed by atoms with Crippen LogP contribution in [0.2, 0.25) is 0 Å². The molecule has 3 aliphatic carbocycles. The van der Waals surface area contributed by atoms with Crippen LogP contribution in [-0.4, -0.2) is 18.9 Å². The van der Waals surface area contributed by atoms with Crippen molar-refractivity contribution in [2.75, 3.05) is 12.0 Å². The van der Waals surface area contributed by atoms with Crippen molar-refractivity contribution in [2.45, 2.75) is 25.7 Å². The van der Waals surface area contributed by atoms with Crippen molar-refractivity contribution in [2.24, 2.45) is 23.7 Å². The van der Waals surface area contributed by atoms with Crippen molar-refractivity contribution in [1.82, 2.24) is 0 Å². The molecule has 5 rings (SSSR count). The molecule has 0 unspecified atom stereocenters. The third-order valence-electron chi connectivity index (χ3n) is 6.36. The van der Waals surface area contributed by atoms with Crippen LogP contribution in [0.15, 0.2) is 47.6 Å². The Kier molecular flexibility index (Phi) is 3.18. The van der Waals surface area contributed by atoms with E-state index in [1.54, 1.807) is 31.4 Å². The minimum atomic E-state index is -0.201. The van der Waals surface area contributed by atoms with Gasteiger partial charge in [-0.1, -0.05) is 23.3 Å². The van der Waals surface area contributed by atoms with E-state index in [0.717, 1.165) is 18.6 Å². The van der Waals surface area contributed by atoms with Gasteiger partial charge in [-0.05, 0) is 49.9 Å². The van der Waals surface area contributed by atoms with Crippen molar-refractivity contribution < 1.29 is 14.3 Å². The van der Waals surface area contributed by atoms with E-state index in [2.05, 4.69) is 12.2 Å². The predicted octanol–water partition coefficient (Wildman–Crippen LogP) is 3.49. The molecule has 0 radical (unpaired) electrons. The molecule has 2 amide bonds. The van der Waals surface area contributed by atoms with Gasteiger partial charge in [0.05, 0.1) is 24.6 Å². The van der Waals surface area contributed by atoms with Crippen LogP contribution in [0, 0.1) is 23.7 Å². The third kappa shape index (κ3) is 1.94. The van der Waals surface area contributed by atoms with E-state index >= 15 is 0 Å². The zero-order valence-corrected chi connectivity index (χ0v) is 14.3. The first-order valence-corrected chi connectivity index (χ1v) is 9.12. The molecule has 0 N–H and O–H groups in total. The third-order valence-corrected chi connectivity index (χ3v) is 6.36. The number of rotatable bonds is 2. The molecule has 25 heavy (non-hydrogen) atoms.